The van der Waals surface area contributed by atoms with Crippen LogP contribution in [0.1, 0.15) is 11.1 Å². The van der Waals surface area contributed by atoms with E-state index in [4.69, 9.17) is 39.5 Å². The van der Waals surface area contributed by atoms with Crippen molar-refractivity contribution in [3.8, 4) is 5.75 Å². The summed E-state index contributed by atoms with van der Waals surface area (Å²) in [6.45, 7) is 0.860. The lowest BCUT2D eigenvalue weighted by molar-refractivity contribution is 0.303. The molecular formula is C20H15BrCl3NO. The van der Waals surface area contributed by atoms with Gasteiger partial charge in [0.15, 0.2) is 0 Å². The molecule has 134 valence electrons. The van der Waals surface area contributed by atoms with E-state index in [1.807, 2.05) is 42.5 Å². The van der Waals surface area contributed by atoms with Crippen molar-refractivity contribution in [1.82, 2.24) is 0 Å². The lowest BCUT2D eigenvalue weighted by Gasteiger charge is -2.15. The maximum absolute atomic E-state index is 6.21. The molecule has 26 heavy (non-hydrogen) atoms. The number of ether oxygens (including phenoxy) is 1. The SMILES string of the molecule is Clc1ccc(OCc2c(Cl)cccc2Cl)c(CNc2ccc(Br)cc2)c1. The van der Waals surface area contributed by atoms with Crippen LogP contribution in [0.3, 0.4) is 0 Å². The monoisotopic (exact) mass is 469 g/mol. The second-order valence-electron chi connectivity index (χ2n) is 5.60. The molecule has 0 saturated heterocycles. The molecule has 0 spiro atoms. The van der Waals surface area contributed by atoms with E-state index in [-0.39, 0.29) is 6.61 Å². The molecule has 0 aliphatic heterocycles. The van der Waals surface area contributed by atoms with Crippen LogP contribution in [-0.2, 0) is 13.2 Å². The Labute approximate surface area is 176 Å². The quantitative estimate of drug-likeness (QED) is 0.400. The van der Waals surface area contributed by atoms with Crippen molar-refractivity contribution in [2.75, 3.05) is 5.32 Å². The van der Waals surface area contributed by atoms with Gasteiger partial charge in [-0.05, 0) is 54.6 Å². The van der Waals surface area contributed by atoms with Crippen molar-refractivity contribution in [3.05, 3.63) is 91.3 Å². The highest BCUT2D eigenvalue weighted by Gasteiger charge is 2.09. The van der Waals surface area contributed by atoms with Gasteiger partial charge in [0.2, 0.25) is 0 Å². The van der Waals surface area contributed by atoms with Crippen molar-refractivity contribution >= 4 is 56.4 Å². The van der Waals surface area contributed by atoms with Crippen molar-refractivity contribution in [3.63, 3.8) is 0 Å². The van der Waals surface area contributed by atoms with E-state index in [2.05, 4.69) is 21.2 Å². The third-order valence-electron chi connectivity index (χ3n) is 3.78. The van der Waals surface area contributed by atoms with Gasteiger partial charge in [0.05, 0.1) is 0 Å². The van der Waals surface area contributed by atoms with Gasteiger partial charge >= 0.3 is 0 Å². The van der Waals surface area contributed by atoms with E-state index in [1.54, 1.807) is 18.2 Å². The fourth-order valence-corrected chi connectivity index (χ4v) is 3.38. The topological polar surface area (TPSA) is 21.3 Å². The van der Waals surface area contributed by atoms with Crippen LogP contribution >= 0.6 is 50.7 Å². The van der Waals surface area contributed by atoms with E-state index in [0.29, 0.717) is 21.6 Å². The van der Waals surface area contributed by atoms with Gasteiger partial charge in [0.25, 0.3) is 0 Å². The average molecular weight is 472 g/mol. The minimum Gasteiger partial charge on any atom is -0.488 e. The third kappa shape index (κ3) is 5.08. The number of hydrogen-bond acceptors (Lipinski definition) is 2. The smallest absolute Gasteiger partial charge is 0.124 e. The molecule has 0 bridgehead atoms. The molecule has 0 aromatic heterocycles. The minimum atomic E-state index is 0.283. The van der Waals surface area contributed by atoms with E-state index >= 15 is 0 Å². The first-order valence-electron chi connectivity index (χ1n) is 7.86. The molecule has 0 amide bonds. The summed E-state index contributed by atoms with van der Waals surface area (Å²) in [5.74, 6) is 0.731. The highest BCUT2D eigenvalue weighted by Crippen LogP contribution is 2.29. The van der Waals surface area contributed by atoms with Crippen LogP contribution in [0, 0.1) is 0 Å². The number of hydrogen-bond donors (Lipinski definition) is 1. The van der Waals surface area contributed by atoms with E-state index < -0.39 is 0 Å². The summed E-state index contributed by atoms with van der Waals surface area (Å²) in [6.07, 6.45) is 0. The van der Waals surface area contributed by atoms with Crippen molar-refractivity contribution in [2.45, 2.75) is 13.2 Å². The van der Waals surface area contributed by atoms with Crippen molar-refractivity contribution in [1.29, 1.82) is 0 Å². The van der Waals surface area contributed by atoms with E-state index in [9.17, 15) is 0 Å². The zero-order chi connectivity index (χ0) is 18.5. The Morgan fingerprint density at radius 2 is 1.58 bits per heavy atom. The lowest BCUT2D eigenvalue weighted by Crippen LogP contribution is -2.04. The molecule has 2 nitrogen and oxygen atoms in total. The molecule has 0 heterocycles. The van der Waals surface area contributed by atoms with E-state index in [0.717, 1.165) is 27.0 Å². The number of nitrogens with one attached hydrogen (secondary N) is 1. The molecule has 1 N–H and O–H groups in total. The Morgan fingerprint density at radius 3 is 2.27 bits per heavy atom. The maximum atomic E-state index is 6.21. The lowest BCUT2D eigenvalue weighted by atomic mass is 10.2. The fraction of sp³-hybridized carbons (Fsp3) is 0.100. The molecule has 6 heteroatoms. The van der Waals surface area contributed by atoms with Crippen molar-refractivity contribution < 1.29 is 4.74 Å². The van der Waals surface area contributed by atoms with Gasteiger partial charge in [-0.2, -0.15) is 0 Å². The Bertz CT molecular complexity index is 880. The molecule has 0 atom stereocenters. The summed E-state index contributed by atoms with van der Waals surface area (Å²) in [4.78, 5) is 0. The molecule has 0 saturated carbocycles. The standard InChI is InChI=1S/C20H15BrCl3NO/c21-14-4-7-16(8-5-14)25-11-13-10-15(22)6-9-20(13)26-12-17-18(23)2-1-3-19(17)24/h1-10,25H,11-12H2. The van der Waals surface area contributed by atoms with Crippen LogP contribution < -0.4 is 10.1 Å². The first-order chi connectivity index (χ1) is 12.5. The predicted molar refractivity (Wildman–Crippen MR) is 114 cm³/mol. The van der Waals surface area contributed by atoms with Gasteiger partial charge in [-0.25, -0.2) is 0 Å². The molecule has 0 aliphatic rings. The molecule has 0 radical (unpaired) electrons. The van der Waals surface area contributed by atoms with Gasteiger partial charge in [-0.15, -0.1) is 0 Å². The van der Waals surface area contributed by atoms with Gasteiger partial charge in [-0.1, -0.05) is 56.8 Å². The highest BCUT2D eigenvalue weighted by molar-refractivity contribution is 9.10. The van der Waals surface area contributed by atoms with E-state index in [1.165, 1.54) is 0 Å². The summed E-state index contributed by atoms with van der Waals surface area (Å²) in [6, 6.07) is 18.9. The Hall–Kier alpha value is -1.39. The Morgan fingerprint density at radius 1 is 0.885 bits per heavy atom. The fourth-order valence-electron chi connectivity index (χ4n) is 2.41. The first kappa shape index (κ1) is 19.4. The van der Waals surface area contributed by atoms with Gasteiger partial charge in [0.1, 0.15) is 12.4 Å². The third-order valence-corrected chi connectivity index (χ3v) is 5.26. The van der Waals surface area contributed by atoms with Crippen LogP contribution in [0.4, 0.5) is 5.69 Å². The highest BCUT2D eigenvalue weighted by atomic mass is 79.9. The van der Waals surface area contributed by atoms with Crippen LogP contribution in [0.15, 0.2) is 65.1 Å². The number of benzene rings is 3. The number of halogens is 4. The second-order valence-corrected chi connectivity index (χ2v) is 7.77. The summed E-state index contributed by atoms with van der Waals surface area (Å²) < 4.78 is 7.01. The zero-order valence-corrected chi connectivity index (χ0v) is 17.5. The van der Waals surface area contributed by atoms with Crippen LogP contribution in [-0.4, -0.2) is 0 Å². The van der Waals surface area contributed by atoms with Crippen LogP contribution in [0.5, 0.6) is 5.75 Å². The normalized spacial score (nSPS) is 10.6. The molecule has 0 unspecified atom stereocenters. The zero-order valence-electron chi connectivity index (χ0n) is 13.6. The minimum absolute atomic E-state index is 0.283. The van der Waals surface area contributed by atoms with Gasteiger partial charge in [0, 0.05) is 42.9 Å². The molecule has 0 aliphatic carbocycles. The molecular weight excluding hydrogens is 456 g/mol. The molecule has 3 rings (SSSR count). The molecule has 3 aromatic carbocycles. The number of anilines is 1. The maximum Gasteiger partial charge on any atom is 0.124 e. The summed E-state index contributed by atoms with van der Waals surface area (Å²) >= 11 is 22.0. The Balaban J connectivity index is 1.74. The largest absolute Gasteiger partial charge is 0.488 e. The first-order valence-corrected chi connectivity index (χ1v) is 9.79. The number of rotatable bonds is 6. The Kier molecular flexibility index (Phi) is 6.71. The predicted octanol–water partition coefficient (Wildman–Crippen LogP) is 7.60. The van der Waals surface area contributed by atoms with Crippen molar-refractivity contribution in [2.24, 2.45) is 0 Å². The molecule has 0 fully saturated rings. The average Bonchev–Trinajstić information content (AvgIpc) is 2.62. The second kappa shape index (κ2) is 9.01. The summed E-state index contributed by atoms with van der Waals surface area (Å²) in [7, 11) is 0. The van der Waals surface area contributed by atoms with Crippen LogP contribution in [0.2, 0.25) is 15.1 Å². The van der Waals surface area contributed by atoms with Gasteiger partial charge < -0.3 is 10.1 Å². The molecule has 3 aromatic rings. The van der Waals surface area contributed by atoms with Crippen LogP contribution in [0.25, 0.3) is 0 Å². The van der Waals surface area contributed by atoms with Gasteiger partial charge in [-0.3, -0.25) is 0 Å². The summed E-state index contributed by atoms with van der Waals surface area (Å²) in [5, 5.41) is 5.19. The summed E-state index contributed by atoms with van der Waals surface area (Å²) in [5.41, 5.74) is 2.72.